The monoisotopic (exact) mass is 299 g/mol. The fourth-order valence-corrected chi connectivity index (χ4v) is 3.38. The molecule has 0 radical (unpaired) electrons. The standard InChI is InChI=1S/C11H16F3NO3S/c12-11(13,14)4-6-19(16,17)10(8-15)7-9-3-1-2-5-18-9/h9-10H,1-7H2. The Morgan fingerprint density at radius 3 is 2.53 bits per heavy atom. The first kappa shape index (κ1) is 16.2. The lowest BCUT2D eigenvalue weighted by Crippen LogP contribution is -2.31. The molecular formula is C11H16F3NO3S. The van der Waals surface area contributed by atoms with Crippen molar-refractivity contribution in [1.82, 2.24) is 0 Å². The summed E-state index contributed by atoms with van der Waals surface area (Å²) in [6.07, 6.45) is -3.93. The Hall–Kier alpha value is -0.810. The van der Waals surface area contributed by atoms with Crippen molar-refractivity contribution in [1.29, 1.82) is 5.26 Å². The molecule has 8 heteroatoms. The van der Waals surface area contributed by atoms with Gasteiger partial charge in [-0.15, -0.1) is 0 Å². The highest BCUT2D eigenvalue weighted by Gasteiger charge is 2.35. The van der Waals surface area contributed by atoms with E-state index in [4.69, 9.17) is 10.00 Å². The van der Waals surface area contributed by atoms with Crippen molar-refractivity contribution in [2.45, 2.75) is 49.6 Å². The second kappa shape index (κ2) is 6.57. The van der Waals surface area contributed by atoms with Crippen molar-refractivity contribution in [2.24, 2.45) is 0 Å². The molecule has 1 saturated heterocycles. The molecule has 1 aliphatic rings. The average molecular weight is 299 g/mol. The number of hydrogen-bond donors (Lipinski definition) is 0. The van der Waals surface area contributed by atoms with Gasteiger partial charge < -0.3 is 4.74 Å². The Balaban J connectivity index is 2.59. The molecular weight excluding hydrogens is 283 g/mol. The summed E-state index contributed by atoms with van der Waals surface area (Å²) in [7, 11) is -4.07. The van der Waals surface area contributed by atoms with E-state index in [1.165, 1.54) is 0 Å². The summed E-state index contributed by atoms with van der Waals surface area (Å²) in [5, 5.41) is 7.44. The highest BCUT2D eigenvalue weighted by molar-refractivity contribution is 7.92. The molecule has 0 aromatic rings. The van der Waals surface area contributed by atoms with E-state index in [2.05, 4.69) is 0 Å². The third kappa shape index (κ3) is 5.78. The number of halogens is 3. The highest BCUT2D eigenvalue weighted by atomic mass is 32.2. The Morgan fingerprint density at radius 2 is 2.05 bits per heavy atom. The second-order valence-electron chi connectivity index (χ2n) is 4.57. The number of sulfone groups is 1. The summed E-state index contributed by atoms with van der Waals surface area (Å²) in [6.45, 7) is 0.505. The Labute approximate surface area is 110 Å². The molecule has 0 saturated carbocycles. The van der Waals surface area contributed by atoms with E-state index in [0.29, 0.717) is 13.0 Å². The van der Waals surface area contributed by atoms with Gasteiger partial charge in [0.05, 0.1) is 24.3 Å². The Morgan fingerprint density at radius 1 is 1.37 bits per heavy atom. The van der Waals surface area contributed by atoms with Gasteiger partial charge in [-0.1, -0.05) is 0 Å². The van der Waals surface area contributed by atoms with Crippen LogP contribution in [0.1, 0.15) is 32.1 Å². The number of nitrogens with zero attached hydrogens (tertiary/aromatic N) is 1. The molecule has 1 aliphatic heterocycles. The lowest BCUT2D eigenvalue weighted by atomic mass is 10.1. The molecule has 1 fully saturated rings. The van der Waals surface area contributed by atoms with Gasteiger partial charge in [0.2, 0.25) is 0 Å². The molecule has 1 rings (SSSR count). The molecule has 0 aromatic heterocycles. The first-order chi connectivity index (χ1) is 8.74. The Kier molecular flexibility index (Phi) is 5.62. The van der Waals surface area contributed by atoms with E-state index in [-0.39, 0.29) is 12.5 Å². The summed E-state index contributed by atoms with van der Waals surface area (Å²) in [4.78, 5) is 0. The predicted molar refractivity (Wildman–Crippen MR) is 62.1 cm³/mol. The SMILES string of the molecule is N#CC(CC1CCCCO1)S(=O)(=O)CCC(F)(F)F. The quantitative estimate of drug-likeness (QED) is 0.780. The normalized spacial score (nSPS) is 22.7. The van der Waals surface area contributed by atoms with E-state index < -0.39 is 33.4 Å². The van der Waals surface area contributed by atoms with Crippen LogP contribution in [0.15, 0.2) is 0 Å². The van der Waals surface area contributed by atoms with Crippen LogP contribution in [0.3, 0.4) is 0 Å². The van der Waals surface area contributed by atoms with Crippen LogP contribution in [0.4, 0.5) is 13.2 Å². The molecule has 0 amide bonds. The number of rotatable bonds is 5. The molecule has 0 aliphatic carbocycles. The minimum Gasteiger partial charge on any atom is -0.378 e. The Bertz CT molecular complexity index is 421. The zero-order chi connectivity index (χ0) is 14.5. The molecule has 0 aromatic carbocycles. The van der Waals surface area contributed by atoms with Crippen LogP contribution in [-0.4, -0.2) is 38.3 Å². The van der Waals surface area contributed by atoms with Gasteiger partial charge in [0.1, 0.15) is 0 Å². The third-order valence-corrected chi connectivity index (χ3v) is 4.94. The van der Waals surface area contributed by atoms with Crippen LogP contribution in [0.5, 0.6) is 0 Å². The highest BCUT2D eigenvalue weighted by Crippen LogP contribution is 2.24. The zero-order valence-corrected chi connectivity index (χ0v) is 11.1. The summed E-state index contributed by atoms with van der Waals surface area (Å²) < 4.78 is 64.8. The number of ether oxygens (including phenoxy) is 1. The summed E-state index contributed by atoms with van der Waals surface area (Å²) in [5.74, 6) is -1.04. The zero-order valence-electron chi connectivity index (χ0n) is 10.3. The molecule has 2 atom stereocenters. The van der Waals surface area contributed by atoms with Crippen LogP contribution in [0.2, 0.25) is 0 Å². The fourth-order valence-electron chi connectivity index (χ4n) is 1.91. The maximum absolute atomic E-state index is 12.0. The van der Waals surface area contributed by atoms with Crippen molar-refractivity contribution < 1.29 is 26.3 Å². The van der Waals surface area contributed by atoms with Crippen molar-refractivity contribution in [3.05, 3.63) is 0 Å². The topological polar surface area (TPSA) is 67.2 Å². The predicted octanol–water partition coefficient (Wildman–Crippen LogP) is 2.20. The van der Waals surface area contributed by atoms with E-state index in [9.17, 15) is 21.6 Å². The van der Waals surface area contributed by atoms with E-state index in [1.54, 1.807) is 6.07 Å². The first-order valence-corrected chi connectivity index (χ1v) is 7.76. The van der Waals surface area contributed by atoms with E-state index in [0.717, 1.165) is 12.8 Å². The van der Waals surface area contributed by atoms with Crippen LogP contribution < -0.4 is 0 Å². The maximum Gasteiger partial charge on any atom is 0.390 e. The number of alkyl halides is 3. The summed E-state index contributed by atoms with van der Waals surface area (Å²) in [6, 6.07) is 1.59. The summed E-state index contributed by atoms with van der Waals surface area (Å²) >= 11 is 0. The molecule has 0 N–H and O–H groups in total. The van der Waals surface area contributed by atoms with Crippen LogP contribution in [0, 0.1) is 11.3 Å². The van der Waals surface area contributed by atoms with Gasteiger partial charge in [-0.25, -0.2) is 8.42 Å². The van der Waals surface area contributed by atoms with E-state index in [1.807, 2.05) is 0 Å². The molecule has 0 spiro atoms. The van der Waals surface area contributed by atoms with Crippen molar-refractivity contribution in [3.63, 3.8) is 0 Å². The molecule has 110 valence electrons. The minimum atomic E-state index is -4.53. The van der Waals surface area contributed by atoms with Gasteiger partial charge >= 0.3 is 6.18 Å². The maximum atomic E-state index is 12.0. The first-order valence-electron chi connectivity index (χ1n) is 6.04. The smallest absolute Gasteiger partial charge is 0.378 e. The summed E-state index contributed by atoms with van der Waals surface area (Å²) in [5.41, 5.74) is 0. The van der Waals surface area contributed by atoms with E-state index >= 15 is 0 Å². The molecule has 1 heterocycles. The number of hydrogen-bond acceptors (Lipinski definition) is 4. The van der Waals surface area contributed by atoms with Gasteiger partial charge in [0, 0.05) is 13.0 Å². The minimum absolute atomic E-state index is 0.0449. The van der Waals surface area contributed by atoms with Gasteiger partial charge in [-0.05, 0) is 19.3 Å². The second-order valence-corrected chi connectivity index (χ2v) is 6.88. The van der Waals surface area contributed by atoms with Crippen LogP contribution >= 0.6 is 0 Å². The van der Waals surface area contributed by atoms with Crippen LogP contribution in [-0.2, 0) is 14.6 Å². The largest absolute Gasteiger partial charge is 0.390 e. The van der Waals surface area contributed by atoms with Gasteiger partial charge in [-0.3, -0.25) is 0 Å². The number of nitriles is 1. The lowest BCUT2D eigenvalue weighted by molar-refractivity contribution is -0.129. The van der Waals surface area contributed by atoms with Crippen molar-refractivity contribution in [2.75, 3.05) is 12.4 Å². The fraction of sp³-hybridized carbons (Fsp3) is 0.909. The third-order valence-electron chi connectivity index (χ3n) is 3.00. The van der Waals surface area contributed by atoms with Crippen LogP contribution in [0.25, 0.3) is 0 Å². The van der Waals surface area contributed by atoms with Crippen molar-refractivity contribution >= 4 is 9.84 Å². The molecule has 0 bridgehead atoms. The lowest BCUT2D eigenvalue weighted by Gasteiger charge is -2.24. The van der Waals surface area contributed by atoms with Gasteiger partial charge in [0.25, 0.3) is 0 Å². The van der Waals surface area contributed by atoms with Gasteiger partial charge in [-0.2, -0.15) is 18.4 Å². The molecule has 19 heavy (non-hydrogen) atoms. The van der Waals surface area contributed by atoms with Gasteiger partial charge in [0.15, 0.2) is 15.1 Å². The van der Waals surface area contributed by atoms with Crippen molar-refractivity contribution in [3.8, 4) is 6.07 Å². The molecule has 4 nitrogen and oxygen atoms in total. The molecule has 2 unspecified atom stereocenters. The average Bonchev–Trinajstić information content (AvgIpc) is 2.34.